The summed E-state index contributed by atoms with van der Waals surface area (Å²) in [6, 6.07) is 4.21. The van der Waals surface area contributed by atoms with Gasteiger partial charge in [-0.3, -0.25) is 9.78 Å². The molecule has 3 aliphatic carbocycles. The SMILES string of the molecule is CNCC1CC(=O)C2=C(C1)O[C@@H]1C(=C2)CC[C@@]2(C)[C@H]1C[C@@H](OC)[C@@H]2c1cccnc1. The molecule has 1 unspecified atom stereocenters. The Balaban J connectivity index is 1.47. The molecule has 0 aromatic carbocycles. The smallest absolute Gasteiger partial charge is 0.166 e. The molecule has 0 radical (unpaired) electrons. The summed E-state index contributed by atoms with van der Waals surface area (Å²) in [5.41, 5.74) is 3.49. The molecule has 160 valence electrons. The van der Waals surface area contributed by atoms with Gasteiger partial charge in [-0.05, 0) is 67.5 Å². The topological polar surface area (TPSA) is 60.5 Å². The largest absolute Gasteiger partial charge is 0.489 e. The average Bonchev–Trinajstić information content (AvgIpc) is 3.06. The number of methoxy groups -OCH3 is 1. The van der Waals surface area contributed by atoms with Gasteiger partial charge in [-0.15, -0.1) is 0 Å². The van der Waals surface area contributed by atoms with Gasteiger partial charge in [0, 0.05) is 44.2 Å². The summed E-state index contributed by atoms with van der Waals surface area (Å²) in [6.45, 7) is 3.26. The van der Waals surface area contributed by atoms with Crippen LogP contribution in [0.25, 0.3) is 0 Å². The van der Waals surface area contributed by atoms with Crippen molar-refractivity contribution in [3.63, 3.8) is 0 Å². The monoisotopic (exact) mass is 408 g/mol. The Morgan fingerprint density at radius 2 is 2.23 bits per heavy atom. The fourth-order valence-corrected chi connectivity index (χ4v) is 6.65. The number of Topliss-reactive ketones (excluding diaryl/α,β-unsaturated/α-hetero) is 1. The molecular weight excluding hydrogens is 376 g/mol. The fourth-order valence-electron chi connectivity index (χ4n) is 6.65. The number of nitrogens with one attached hydrogen (secondary N) is 1. The molecule has 0 saturated heterocycles. The van der Waals surface area contributed by atoms with Gasteiger partial charge in [-0.2, -0.15) is 0 Å². The van der Waals surface area contributed by atoms with E-state index in [2.05, 4.69) is 29.4 Å². The number of carbonyl (C=O) groups is 1. The van der Waals surface area contributed by atoms with Gasteiger partial charge in [-0.25, -0.2) is 0 Å². The van der Waals surface area contributed by atoms with Crippen LogP contribution in [0.3, 0.4) is 0 Å². The first kappa shape index (κ1) is 20.0. The second kappa shape index (κ2) is 7.61. The number of hydrogen-bond acceptors (Lipinski definition) is 5. The van der Waals surface area contributed by atoms with Crippen LogP contribution in [0.4, 0.5) is 0 Å². The second-order valence-corrected chi connectivity index (χ2v) is 9.74. The molecule has 2 heterocycles. The van der Waals surface area contributed by atoms with Crippen molar-refractivity contribution in [2.75, 3.05) is 20.7 Å². The molecule has 1 aromatic heterocycles. The number of hydrogen-bond donors (Lipinski definition) is 1. The number of aromatic nitrogens is 1. The van der Waals surface area contributed by atoms with E-state index in [0.717, 1.165) is 43.6 Å². The molecule has 1 aromatic rings. The summed E-state index contributed by atoms with van der Waals surface area (Å²) in [5, 5.41) is 3.22. The Morgan fingerprint density at radius 3 is 2.97 bits per heavy atom. The van der Waals surface area contributed by atoms with E-state index in [-0.39, 0.29) is 23.4 Å². The summed E-state index contributed by atoms with van der Waals surface area (Å²) >= 11 is 0. The maximum absolute atomic E-state index is 12.8. The van der Waals surface area contributed by atoms with Gasteiger partial charge in [0.15, 0.2) is 5.78 Å². The van der Waals surface area contributed by atoms with Crippen LogP contribution in [0.2, 0.25) is 0 Å². The molecule has 1 N–H and O–H groups in total. The van der Waals surface area contributed by atoms with Crippen LogP contribution in [0, 0.1) is 17.3 Å². The maximum atomic E-state index is 12.8. The number of ether oxygens (including phenoxy) is 2. The Labute approximate surface area is 178 Å². The molecule has 0 spiro atoms. The van der Waals surface area contributed by atoms with Crippen molar-refractivity contribution < 1.29 is 14.3 Å². The predicted molar refractivity (Wildman–Crippen MR) is 115 cm³/mol. The second-order valence-electron chi connectivity index (χ2n) is 9.74. The van der Waals surface area contributed by atoms with Crippen LogP contribution in [0.15, 0.2) is 47.5 Å². The number of carbonyl (C=O) groups excluding carboxylic acids is 1. The molecule has 5 heteroatoms. The molecule has 5 nitrogen and oxygen atoms in total. The molecule has 2 fully saturated rings. The van der Waals surface area contributed by atoms with E-state index in [1.165, 1.54) is 11.1 Å². The molecule has 4 aliphatic rings. The minimum atomic E-state index is 0.0583. The number of rotatable bonds is 4. The van der Waals surface area contributed by atoms with Crippen LogP contribution in [-0.2, 0) is 14.3 Å². The zero-order valence-corrected chi connectivity index (χ0v) is 18.2. The fraction of sp³-hybridized carbons (Fsp3) is 0.600. The highest BCUT2D eigenvalue weighted by Crippen LogP contribution is 2.62. The van der Waals surface area contributed by atoms with E-state index in [1.54, 1.807) is 0 Å². The zero-order valence-electron chi connectivity index (χ0n) is 18.2. The number of allylic oxidation sites excluding steroid dienone is 3. The maximum Gasteiger partial charge on any atom is 0.166 e. The van der Waals surface area contributed by atoms with E-state index in [9.17, 15) is 4.79 Å². The summed E-state index contributed by atoms with van der Waals surface area (Å²) < 4.78 is 12.7. The molecule has 6 atom stereocenters. The van der Waals surface area contributed by atoms with Crippen molar-refractivity contribution in [2.45, 2.75) is 57.2 Å². The van der Waals surface area contributed by atoms with Crippen molar-refractivity contribution >= 4 is 5.78 Å². The van der Waals surface area contributed by atoms with Gasteiger partial charge in [0.1, 0.15) is 11.9 Å². The molecule has 30 heavy (non-hydrogen) atoms. The third-order valence-electron chi connectivity index (χ3n) is 8.09. The lowest BCUT2D eigenvalue weighted by Crippen LogP contribution is -2.44. The van der Waals surface area contributed by atoms with E-state index >= 15 is 0 Å². The predicted octanol–water partition coefficient (Wildman–Crippen LogP) is 3.78. The Kier molecular flexibility index (Phi) is 5.06. The summed E-state index contributed by atoms with van der Waals surface area (Å²) in [7, 11) is 3.78. The van der Waals surface area contributed by atoms with Crippen molar-refractivity contribution in [1.82, 2.24) is 10.3 Å². The number of nitrogens with zero attached hydrogens (tertiary/aromatic N) is 1. The van der Waals surface area contributed by atoms with Crippen LogP contribution < -0.4 is 5.32 Å². The third-order valence-corrected chi connectivity index (χ3v) is 8.09. The Hall–Kier alpha value is -1.98. The standard InChI is InChI=1S/C25H32N2O3/c1-25-7-6-16-11-18-20(28)9-15(13-26-2)10-21(18)30-24(16)19(25)12-22(29-3)23(25)17-5-4-8-27-14-17/h4-5,8,11,14-15,19,22-24,26H,6-7,9-10,12-13H2,1-3H3/t15?,19-,22+,23-,24+,25-/m0/s1. The van der Waals surface area contributed by atoms with E-state index < -0.39 is 0 Å². The molecule has 2 saturated carbocycles. The lowest BCUT2D eigenvalue weighted by Gasteiger charge is -2.48. The van der Waals surface area contributed by atoms with Crippen molar-refractivity contribution in [3.05, 3.63) is 53.1 Å². The van der Waals surface area contributed by atoms with Crippen LogP contribution in [0.1, 0.15) is 50.5 Å². The first-order chi connectivity index (χ1) is 14.5. The minimum absolute atomic E-state index is 0.0583. The normalized spacial score (nSPS) is 37.8. The Morgan fingerprint density at radius 1 is 1.37 bits per heavy atom. The molecule has 0 amide bonds. The highest BCUT2D eigenvalue weighted by Gasteiger charge is 2.59. The summed E-state index contributed by atoms with van der Waals surface area (Å²) in [4.78, 5) is 17.2. The molecule has 1 aliphatic heterocycles. The van der Waals surface area contributed by atoms with E-state index in [1.807, 2.05) is 32.6 Å². The van der Waals surface area contributed by atoms with Gasteiger partial charge in [0.25, 0.3) is 0 Å². The molecule has 0 bridgehead atoms. The highest BCUT2D eigenvalue weighted by atomic mass is 16.5. The van der Waals surface area contributed by atoms with Gasteiger partial charge < -0.3 is 14.8 Å². The lowest BCUT2D eigenvalue weighted by molar-refractivity contribution is -0.117. The summed E-state index contributed by atoms with van der Waals surface area (Å²) in [5.74, 6) is 2.17. The molecular formula is C25H32N2O3. The lowest BCUT2D eigenvalue weighted by atomic mass is 9.61. The van der Waals surface area contributed by atoms with E-state index in [4.69, 9.17) is 9.47 Å². The van der Waals surface area contributed by atoms with Crippen molar-refractivity contribution in [1.29, 1.82) is 0 Å². The third kappa shape index (κ3) is 3.05. The number of fused-ring (bicyclic) bond motifs is 3. The van der Waals surface area contributed by atoms with Crippen molar-refractivity contribution in [3.8, 4) is 0 Å². The van der Waals surface area contributed by atoms with Gasteiger partial charge >= 0.3 is 0 Å². The van der Waals surface area contributed by atoms with Gasteiger partial charge in [0.05, 0.1) is 11.7 Å². The first-order valence-corrected chi connectivity index (χ1v) is 11.3. The van der Waals surface area contributed by atoms with Crippen LogP contribution in [-0.4, -0.2) is 43.7 Å². The zero-order chi connectivity index (χ0) is 20.9. The number of ketones is 1. The van der Waals surface area contributed by atoms with Gasteiger partial charge in [0.2, 0.25) is 0 Å². The summed E-state index contributed by atoms with van der Waals surface area (Å²) in [6.07, 6.45) is 10.7. The Bertz CT molecular complexity index is 893. The van der Waals surface area contributed by atoms with Crippen LogP contribution >= 0.6 is 0 Å². The van der Waals surface area contributed by atoms with Crippen molar-refractivity contribution in [2.24, 2.45) is 17.3 Å². The first-order valence-electron chi connectivity index (χ1n) is 11.3. The molecule has 5 rings (SSSR count). The van der Waals surface area contributed by atoms with Crippen LogP contribution in [0.5, 0.6) is 0 Å². The highest BCUT2D eigenvalue weighted by molar-refractivity contribution is 6.00. The minimum Gasteiger partial charge on any atom is -0.489 e. The quantitative estimate of drug-likeness (QED) is 0.822. The number of pyridine rings is 1. The van der Waals surface area contributed by atoms with Gasteiger partial charge in [-0.1, -0.05) is 13.0 Å². The van der Waals surface area contributed by atoms with E-state index in [0.29, 0.717) is 24.2 Å². The average molecular weight is 409 g/mol.